The molecule has 10 heteroatoms. The van der Waals surface area contributed by atoms with Crippen molar-refractivity contribution in [2.75, 3.05) is 38.1 Å². The third-order valence-electron chi connectivity index (χ3n) is 6.37. The molecule has 3 aromatic rings. The van der Waals surface area contributed by atoms with Gasteiger partial charge in [0.15, 0.2) is 5.82 Å². The lowest BCUT2D eigenvalue weighted by molar-refractivity contribution is 0.0958. The average molecular weight is 452 g/mol. The molecule has 0 spiro atoms. The van der Waals surface area contributed by atoms with Crippen LogP contribution < -0.4 is 21.5 Å². The summed E-state index contributed by atoms with van der Waals surface area (Å²) in [6.45, 7) is 3.29. The summed E-state index contributed by atoms with van der Waals surface area (Å²) >= 11 is 0. The lowest BCUT2D eigenvalue weighted by atomic mass is 10.1. The van der Waals surface area contributed by atoms with Crippen molar-refractivity contribution >= 4 is 22.5 Å². The first-order valence-corrected chi connectivity index (χ1v) is 11.1. The van der Waals surface area contributed by atoms with Gasteiger partial charge in [-0.2, -0.15) is 0 Å². The summed E-state index contributed by atoms with van der Waals surface area (Å²) in [5, 5.41) is 2.76. The molecule has 3 heterocycles. The van der Waals surface area contributed by atoms with Crippen LogP contribution in [0.15, 0.2) is 40.1 Å². The van der Waals surface area contributed by atoms with Crippen LogP contribution in [0.5, 0.6) is 0 Å². The number of piperazine rings is 1. The van der Waals surface area contributed by atoms with Crippen molar-refractivity contribution in [1.29, 1.82) is 0 Å². The van der Waals surface area contributed by atoms with E-state index in [0.29, 0.717) is 30.9 Å². The lowest BCUT2D eigenvalue weighted by Crippen LogP contribution is -2.46. The number of aromatic amines is 1. The maximum Gasteiger partial charge on any atom is 0.329 e. The number of pyridine rings is 1. The molecule has 172 valence electrons. The zero-order valence-corrected chi connectivity index (χ0v) is 18.3. The molecule has 1 saturated heterocycles. The second-order valence-corrected chi connectivity index (χ2v) is 8.54. The van der Waals surface area contributed by atoms with Crippen molar-refractivity contribution in [2.45, 2.75) is 25.4 Å². The second-order valence-electron chi connectivity index (χ2n) is 8.54. The number of hydrogen-bond acceptors (Lipinski definition) is 6. The maximum absolute atomic E-state index is 15.2. The number of aromatic nitrogens is 3. The molecule has 2 fully saturated rings. The summed E-state index contributed by atoms with van der Waals surface area (Å²) in [5.41, 5.74) is 0.770. The summed E-state index contributed by atoms with van der Waals surface area (Å²) in [6.07, 6.45) is 3.29. The first-order valence-electron chi connectivity index (χ1n) is 11.1. The second kappa shape index (κ2) is 8.43. The predicted molar refractivity (Wildman–Crippen MR) is 122 cm³/mol. The number of nitrogens with zero attached hydrogens (tertiary/aromatic N) is 4. The Morgan fingerprint density at radius 3 is 2.55 bits per heavy atom. The molecule has 2 aromatic heterocycles. The molecule has 1 aromatic carbocycles. The van der Waals surface area contributed by atoms with Gasteiger partial charge in [0.2, 0.25) is 0 Å². The largest absolute Gasteiger partial charge is 0.368 e. The molecule has 0 unspecified atom stereocenters. The molecule has 1 aliphatic heterocycles. The summed E-state index contributed by atoms with van der Waals surface area (Å²) in [4.78, 5) is 47.8. The van der Waals surface area contributed by atoms with Gasteiger partial charge in [-0.15, -0.1) is 0 Å². The van der Waals surface area contributed by atoms with E-state index in [0.717, 1.165) is 31.6 Å². The summed E-state index contributed by atoms with van der Waals surface area (Å²) in [6, 6.07) is 6.76. The van der Waals surface area contributed by atoms with Gasteiger partial charge in [0.1, 0.15) is 5.69 Å². The Balaban J connectivity index is 1.29. The number of amides is 1. The number of carbonyl (C=O) groups is 1. The van der Waals surface area contributed by atoms with Crippen LogP contribution in [0.25, 0.3) is 10.9 Å². The van der Waals surface area contributed by atoms with Gasteiger partial charge >= 0.3 is 5.69 Å². The molecule has 0 atom stereocenters. The number of benzene rings is 1. The van der Waals surface area contributed by atoms with Crippen LogP contribution in [-0.4, -0.2) is 58.6 Å². The molecule has 1 aliphatic carbocycles. The van der Waals surface area contributed by atoms with Crippen molar-refractivity contribution in [3.8, 4) is 0 Å². The zero-order valence-electron chi connectivity index (χ0n) is 18.3. The quantitative estimate of drug-likeness (QED) is 0.604. The molecule has 2 aliphatic rings. The molecule has 1 amide bonds. The fraction of sp³-hybridized carbons (Fsp3) is 0.391. The molecular formula is C23H25FN6O3. The van der Waals surface area contributed by atoms with Gasteiger partial charge in [0, 0.05) is 51.4 Å². The molecule has 5 rings (SSSR count). The monoisotopic (exact) mass is 452 g/mol. The van der Waals surface area contributed by atoms with Crippen molar-refractivity contribution in [2.24, 2.45) is 0 Å². The number of anilines is 1. The molecular weight excluding hydrogens is 427 g/mol. The Bertz CT molecular complexity index is 1320. The third kappa shape index (κ3) is 4.02. The highest BCUT2D eigenvalue weighted by Gasteiger charge is 2.28. The highest BCUT2D eigenvalue weighted by molar-refractivity contribution is 5.92. The number of carbonyl (C=O) groups excluding carboxylic acids is 1. The van der Waals surface area contributed by atoms with Gasteiger partial charge < -0.3 is 15.2 Å². The van der Waals surface area contributed by atoms with Gasteiger partial charge in [-0.25, -0.2) is 14.2 Å². The van der Waals surface area contributed by atoms with Crippen LogP contribution in [0.4, 0.5) is 10.1 Å². The highest BCUT2D eigenvalue weighted by Crippen LogP contribution is 2.32. The Hall–Kier alpha value is -3.53. The van der Waals surface area contributed by atoms with Crippen LogP contribution in [0, 0.1) is 5.82 Å². The number of halogens is 1. The fourth-order valence-corrected chi connectivity index (χ4v) is 4.34. The van der Waals surface area contributed by atoms with Gasteiger partial charge in [0.25, 0.3) is 11.5 Å². The third-order valence-corrected chi connectivity index (χ3v) is 6.37. The highest BCUT2D eigenvalue weighted by atomic mass is 19.1. The van der Waals surface area contributed by atoms with E-state index in [4.69, 9.17) is 0 Å². The topological polar surface area (TPSA) is 103 Å². The molecule has 1 saturated carbocycles. The van der Waals surface area contributed by atoms with Gasteiger partial charge in [-0.05, 0) is 31.0 Å². The predicted octanol–water partition coefficient (Wildman–Crippen LogP) is 1.24. The normalized spacial score (nSPS) is 16.8. The van der Waals surface area contributed by atoms with E-state index in [2.05, 4.69) is 25.1 Å². The fourth-order valence-electron chi connectivity index (χ4n) is 4.34. The van der Waals surface area contributed by atoms with Crippen LogP contribution in [-0.2, 0) is 6.54 Å². The van der Waals surface area contributed by atoms with Gasteiger partial charge in [-0.3, -0.25) is 19.1 Å². The van der Waals surface area contributed by atoms with Crippen LogP contribution >= 0.6 is 0 Å². The van der Waals surface area contributed by atoms with E-state index < -0.39 is 17.1 Å². The van der Waals surface area contributed by atoms with Gasteiger partial charge in [0.05, 0.1) is 22.8 Å². The standard InChI is InChI=1S/C23H25FN6O3/c1-25-21(31)18-7-5-16(12-26-18)29-10-8-28(9-11-29)13-14-2-6-17-20(19(14)24)27-23(33)30(22(17)32)15-3-4-15/h2,5-7,12,15H,3-4,8-11,13H2,1H3,(H,25,31)(H,27,33). The van der Waals surface area contributed by atoms with Crippen molar-refractivity contribution in [3.63, 3.8) is 0 Å². The van der Waals surface area contributed by atoms with Crippen LogP contribution in [0.1, 0.15) is 34.9 Å². The number of nitrogens with one attached hydrogen (secondary N) is 2. The number of hydrogen-bond donors (Lipinski definition) is 2. The molecule has 9 nitrogen and oxygen atoms in total. The molecule has 0 radical (unpaired) electrons. The van der Waals surface area contributed by atoms with Crippen molar-refractivity contribution in [1.82, 2.24) is 24.8 Å². The molecule has 2 N–H and O–H groups in total. The maximum atomic E-state index is 15.2. The van der Waals surface area contributed by atoms with Crippen molar-refractivity contribution in [3.05, 3.63) is 68.4 Å². The lowest BCUT2D eigenvalue weighted by Gasteiger charge is -2.36. The minimum Gasteiger partial charge on any atom is -0.368 e. The van der Waals surface area contributed by atoms with E-state index in [1.807, 2.05) is 6.07 Å². The number of H-pyrrole nitrogens is 1. The van der Waals surface area contributed by atoms with E-state index in [1.54, 1.807) is 31.4 Å². The Labute approximate surface area is 188 Å². The molecule has 0 bridgehead atoms. The number of rotatable bonds is 5. The first-order chi connectivity index (χ1) is 16.0. The average Bonchev–Trinajstić information content (AvgIpc) is 3.66. The zero-order chi connectivity index (χ0) is 23.1. The Morgan fingerprint density at radius 1 is 1.15 bits per heavy atom. The van der Waals surface area contributed by atoms with E-state index in [1.165, 1.54) is 4.57 Å². The van der Waals surface area contributed by atoms with Crippen molar-refractivity contribution < 1.29 is 9.18 Å². The van der Waals surface area contributed by atoms with Gasteiger partial charge in [-0.1, -0.05) is 6.07 Å². The minimum atomic E-state index is -0.546. The van der Waals surface area contributed by atoms with E-state index in [9.17, 15) is 14.4 Å². The SMILES string of the molecule is CNC(=O)c1ccc(N2CCN(Cc3ccc4c(=O)n(C5CC5)c(=O)[nH]c4c3F)CC2)cn1. The minimum absolute atomic E-state index is 0.0136. The summed E-state index contributed by atoms with van der Waals surface area (Å²) in [5.74, 6) is -0.766. The van der Waals surface area contributed by atoms with E-state index >= 15 is 4.39 Å². The Kier molecular flexibility index (Phi) is 5.45. The number of fused-ring (bicyclic) bond motifs is 1. The Morgan fingerprint density at radius 2 is 1.91 bits per heavy atom. The first kappa shape index (κ1) is 21.3. The van der Waals surface area contributed by atoms with Crippen LogP contribution in [0.2, 0.25) is 0 Å². The van der Waals surface area contributed by atoms with Crippen LogP contribution in [0.3, 0.4) is 0 Å². The smallest absolute Gasteiger partial charge is 0.329 e. The summed E-state index contributed by atoms with van der Waals surface area (Å²) < 4.78 is 16.4. The van der Waals surface area contributed by atoms with E-state index in [-0.39, 0.29) is 22.9 Å². The molecule has 33 heavy (non-hydrogen) atoms. The summed E-state index contributed by atoms with van der Waals surface area (Å²) in [7, 11) is 1.57.